The molecular weight excluding hydrogens is 204 g/mol. The summed E-state index contributed by atoms with van der Waals surface area (Å²) in [5.74, 6) is 0.428. The molecule has 0 aliphatic heterocycles. The third-order valence-electron chi connectivity index (χ3n) is 4.71. The Labute approximate surface area is 96.5 Å². The lowest BCUT2D eigenvalue weighted by Crippen LogP contribution is -2.31. The smallest absolute Gasteiger partial charge is 0.316 e. The third-order valence-corrected chi connectivity index (χ3v) is 4.71. The minimum absolute atomic E-state index is 0.0809. The van der Waals surface area contributed by atoms with Gasteiger partial charge in [-0.3, -0.25) is 9.59 Å². The molecule has 0 heterocycles. The van der Waals surface area contributed by atoms with Crippen molar-refractivity contribution in [2.45, 2.75) is 33.6 Å². The zero-order valence-electron chi connectivity index (χ0n) is 10.4. The van der Waals surface area contributed by atoms with Crippen LogP contribution in [0.4, 0.5) is 0 Å². The molecule has 0 amide bonds. The number of carbonyl (C=O) groups is 2. The molecule has 2 saturated carbocycles. The van der Waals surface area contributed by atoms with Gasteiger partial charge in [-0.2, -0.15) is 0 Å². The molecule has 0 aromatic rings. The normalized spacial score (nSPS) is 40.9. The number of hydrogen-bond acceptors (Lipinski definition) is 3. The second kappa shape index (κ2) is 3.57. The van der Waals surface area contributed by atoms with Crippen molar-refractivity contribution in [3.63, 3.8) is 0 Å². The van der Waals surface area contributed by atoms with E-state index in [1.165, 1.54) is 7.11 Å². The Hall–Kier alpha value is -0.860. The van der Waals surface area contributed by atoms with Gasteiger partial charge in [-0.1, -0.05) is 20.8 Å². The van der Waals surface area contributed by atoms with Gasteiger partial charge < -0.3 is 4.74 Å². The van der Waals surface area contributed by atoms with Crippen molar-refractivity contribution in [1.29, 1.82) is 0 Å². The van der Waals surface area contributed by atoms with Crippen molar-refractivity contribution in [1.82, 2.24) is 0 Å². The largest absolute Gasteiger partial charge is 0.468 e. The number of hydrogen-bond donors (Lipinski definition) is 0. The average molecular weight is 224 g/mol. The fourth-order valence-corrected chi connectivity index (χ4v) is 3.42. The quantitative estimate of drug-likeness (QED) is 0.505. The van der Waals surface area contributed by atoms with Gasteiger partial charge in [-0.05, 0) is 29.6 Å². The molecule has 0 saturated heterocycles. The molecule has 0 N–H and O–H groups in total. The van der Waals surface area contributed by atoms with E-state index in [1.54, 1.807) is 0 Å². The van der Waals surface area contributed by atoms with Crippen LogP contribution in [-0.4, -0.2) is 18.9 Å². The van der Waals surface area contributed by atoms with E-state index < -0.39 is 5.92 Å². The number of fused-ring (bicyclic) bond motifs is 1. The van der Waals surface area contributed by atoms with E-state index in [-0.39, 0.29) is 17.7 Å². The first kappa shape index (κ1) is 11.6. The number of methoxy groups -OCH3 is 1. The molecule has 2 fully saturated rings. The van der Waals surface area contributed by atoms with Crippen molar-refractivity contribution >= 4 is 11.8 Å². The Morgan fingerprint density at radius 1 is 1.38 bits per heavy atom. The second-order valence-electron chi connectivity index (χ2n) is 5.92. The van der Waals surface area contributed by atoms with E-state index in [2.05, 4.69) is 13.8 Å². The van der Waals surface area contributed by atoms with Crippen molar-refractivity contribution in [2.75, 3.05) is 7.11 Å². The zero-order chi connectivity index (χ0) is 12.1. The first-order valence-corrected chi connectivity index (χ1v) is 6.00. The third kappa shape index (κ3) is 1.57. The molecule has 0 aromatic heterocycles. The van der Waals surface area contributed by atoms with E-state index in [1.807, 2.05) is 6.92 Å². The summed E-state index contributed by atoms with van der Waals surface area (Å²) in [6.45, 7) is 6.44. The Bertz CT molecular complexity index is 332. The molecule has 0 radical (unpaired) electrons. The Kier molecular flexibility index (Phi) is 2.59. The molecule has 2 aliphatic carbocycles. The van der Waals surface area contributed by atoms with Crippen LogP contribution in [0.3, 0.4) is 0 Å². The maximum absolute atomic E-state index is 12.0. The van der Waals surface area contributed by atoms with Crippen molar-refractivity contribution in [3.8, 4) is 0 Å². The van der Waals surface area contributed by atoms with Crippen molar-refractivity contribution < 1.29 is 14.3 Å². The van der Waals surface area contributed by atoms with E-state index in [9.17, 15) is 9.59 Å². The van der Waals surface area contributed by atoms with Crippen LogP contribution in [0, 0.1) is 29.1 Å². The molecular formula is C13H20O3. The summed E-state index contributed by atoms with van der Waals surface area (Å²) >= 11 is 0. The van der Waals surface area contributed by atoms with Crippen LogP contribution in [0.1, 0.15) is 33.6 Å². The molecule has 90 valence electrons. The summed E-state index contributed by atoms with van der Waals surface area (Å²) < 4.78 is 4.73. The molecule has 2 rings (SSSR count). The van der Waals surface area contributed by atoms with E-state index in [0.29, 0.717) is 23.7 Å². The van der Waals surface area contributed by atoms with Crippen molar-refractivity contribution in [2.24, 2.45) is 29.1 Å². The summed E-state index contributed by atoms with van der Waals surface area (Å²) in [5.41, 5.74) is 0.297. The molecule has 0 spiro atoms. The maximum atomic E-state index is 12.0. The molecule has 3 nitrogen and oxygen atoms in total. The van der Waals surface area contributed by atoms with Crippen LogP contribution >= 0.6 is 0 Å². The number of ketones is 1. The highest BCUT2D eigenvalue weighted by Gasteiger charge is 2.60. The Morgan fingerprint density at radius 2 is 2.00 bits per heavy atom. The molecule has 16 heavy (non-hydrogen) atoms. The summed E-state index contributed by atoms with van der Waals surface area (Å²) in [6.07, 6.45) is 1.53. The molecule has 0 unspecified atom stereocenters. The number of carbonyl (C=O) groups excluding carboxylic acids is 2. The van der Waals surface area contributed by atoms with E-state index in [4.69, 9.17) is 4.74 Å². The number of esters is 1. The monoisotopic (exact) mass is 224 g/mol. The van der Waals surface area contributed by atoms with E-state index in [0.717, 1.165) is 6.42 Å². The Balaban J connectivity index is 2.16. The van der Waals surface area contributed by atoms with Crippen LogP contribution in [0.15, 0.2) is 0 Å². The molecule has 3 heteroatoms. The molecule has 2 aliphatic rings. The number of Topliss-reactive ketones (excluding diaryl/α,β-unsaturated/α-hetero) is 1. The first-order valence-electron chi connectivity index (χ1n) is 6.00. The van der Waals surface area contributed by atoms with Gasteiger partial charge in [0.25, 0.3) is 0 Å². The van der Waals surface area contributed by atoms with Crippen LogP contribution in [0.2, 0.25) is 0 Å². The van der Waals surface area contributed by atoms with Gasteiger partial charge in [-0.25, -0.2) is 0 Å². The summed E-state index contributed by atoms with van der Waals surface area (Å²) in [6, 6.07) is 0. The first-order chi connectivity index (χ1) is 7.39. The fourth-order valence-electron chi connectivity index (χ4n) is 3.42. The van der Waals surface area contributed by atoms with Crippen LogP contribution in [-0.2, 0) is 14.3 Å². The predicted molar refractivity (Wildman–Crippen MR) is 59.7 cm³/mol. The standard InChI is InChI=1S/C13H20O3/c1-7-5-8-9(13(8,2)3)6-10(14)11(7)12(15)16-4/h7-9,11H,5-6H2,1-4H3/t7-,8-,9+,11-/m1/s1. The zero-order valence-corrected chi connectivity index (χ0v) is 10.4. The molecule has 0 aromatic carbocycles. The average Bonchev–Trinajstić information content (AvgIpc) is 2.74. The summed E-state index contributed by atoms with van der Waals surface area (Å²) in [7, 11) is 1.36. The van der Waals surface area contributed by atoms with Gasteiger partial charge in [-0.15, -0.1) is 0 Å². The highest BCUT2D eigenvalue weighted by Crippen LogP contribution is 2.64. The van der Waals surface area contributed by atoms with Gasteiger partial charge in [0.2, 0.25) is 0 Å². The molecule has 0 bridgehead atoms. The lowest BCUT2D eigenvalue weighted by atomic mass is 9.84. The lowest BCUT2D eigenvalue weighted by Gasteiger charge is -2.20. The lowest BCUT2D eigenvalue weighted by molar-refractivity contribution is -0.151. The summed E-state index contributed by atoms with van der Waals surface area (Å²) in [5, 5.41) is 0. The Morgan fingerprint density at radius 3 is 2.56 bits per heavy atom. The van der Waals surface area contributed by atoms with Gasteiger partial charge in [0.05, 0.1) is 7.11 Å². The highest BCUT2D eigenvalue weighted by molar-refractivity contribution is 5.99. The molecule has 4 atom stereocenters. The minimum atomic E-state index is -0.520. The second-order valence-corrected chi connectivity index (χ2v) is 5.92. The fraction of sp³-hybridized carbons (Fsp3) is 0.846. The van der Waals surface area contributed by atoms with Gasteiger partial charge in [0.15, 0.2) is 0 Å². The highest BCUT2D eigenvalue weighted by atomic mass is 16.5. The van der Waals surface area contributed by atoms with Gasteiger partial charge in [0, 0.05) is 6.42 Å². The van der Waals surface area contributed by atoms with Crippen molar-refractivity contribution in [3.05, 3.63) is 0 Å². The SMILES string of the molecule is COC(=O)[C@H]1C(=O)C[C@H]2[C@@H](C[C@H]1C)C2(C)C. The van der Waals surface area contributed by atoms with Gasteiger partial charge in [0.1, 0.15) is 11.7 Å². The maximum Gasteiger partial charge on any atom is 0.316 e. The van der Waals surface area contributed by atoms with Crippen LogP contribution in [0.5, 0.6) is 0 Å². The number of rotatable bonds is 1. The van der Waals surface area contributed by atoms with E-state index >= 15 is 0 Å². The topological polar surface area (TPSA) is 43.4 Å². The van der Waals surface area contributed by atoms with Crippen LogP contribution in [0.25, 0.3) is 0 Å². The predicted octanol–water partition coefficient (Wildman–Crippen LogP) is 2.05. The summed E-state index contributed by atoms with van der Waals surface area (Å²) in [4.78, 5) is 23.6. The van der Waals surface area contributed by atoms with Gasteiger partial charge >= 0.3 is 5.97 Å². The number of ether oxygens (including phenoxy) is 1. The minimum Gasteiger partial charge on any atom is -0.468 e. The van der Waals surface area contributed by atoms with Crippen LogP contribution < -0.4 is 0 Å².